The van der Waals surface area contributed by atoms with Gasteiger partial charge >= 0.3 is 11.4 Å². The smallest absolute Gasteiger partial charge is 0.407 e. The van der Waals surface area contributed by atoms with Crippen LogP contribution in [0.15, 0.2) is 12.2 Å². The first-order chi connectivity index (χ1) is 10.7. The summed E-state index contributed by atoms with van der Waals surface area (Å²) >= 11 is 1.14. The molecule has 132 valence electrons. The van der Waals surface area contributed by atoms with Crippen LogP contribution in [0.1, 0.15) is 60.3 Å². The molecular formula is C17H29NO4S. The zero-order valence-electron chi connectivity index (χ0n) is 14.8. The Morgan fingerprint density at radius 3 is 2.52 bits per heavy atom. The Morgan fingerprint density at radius 2 is 1.91 bits per heavy atom. The van der Waals surface area contributed by atoms with Crippen LogP contribution in [0.25, 0.3) is 0 Å². The molecule has 0 fully saturated rings. The van der Waals surface area contributed by atoms with Crippen molar-refractivity contribution in [3.05, 3.63) is 12.2 Å². The first-order valence-corrected chi connectivity index (χ1v) is 9.08. The second kappa shape index (κ2) is 9.21. The lowest BCUT2D eigenvalue weighted by Crippen LogP contribution is -2.44. The number of ether oxygens (including phenoxy) is 2. The Morgan fingerprint density at radius 1 is 1.22 bits per heavy atom. The summed E-state index contributed by atoms with van der Waals surface area (Å²) in [4.78, 5) is 24.0. The van der Waals surface area contributed by atoms with Gasteiger partial charge in [-0.1, -0.05) is 19.9 Å². The fourth-order valence-electron chi connectivity index (χ4n) is 2.17. The van der Waals surface area contributed by atoms with E-state index in [-0.39, 0.29) is 16.1 Å². The number of thioether (sulfide) groups is 1. The van der Waals surface area contributed by atoms with E-state index in [1.807, 2.05) is 46.8 Å². The quantitative estimate of drug-likeness (QED) is 0.596. The van der Waals surface area contributed by atoms with Crippen molar-refractivity contribution in [2.24, 2.45) is 0 Å². The first-order valence-electron chi connectivity index (χ1n) is 8.20. The highest BCUT2D eigenvalue weighted by molar-refractivity contribution is 8.13. The summed E-state index contributed by atoms with van der Waals surface area (Å²) in [6, 6.07) is 0. The topological polar surface area (TPSA) is 64.6 Å². The molecule has 1 N–H and O–H groups in total. The number of hydrogen-bond acceptors (Lipinski definition) is 5. The molecule has 0 aromatic carbocycles. The van der Waals surface area contributed by atoms with Gasteiger partial charge in [-0.25, -0.2) is 9.59 Å². The summed E-state index contributed by atoms with van der Waals surface area (Å²) in [5, 5.41) is 2.60. The van der Waals surface area contributed by atoms with Crippen LogP contribution < -0.4 is 5.32 Å². The van der Waals surface area contributed by atoms with Gasteiger partial charge in [0.1, 0.15) is 6.10 Å². The molecule has 0 heterocycles. The number of alkyl carbamates (subject to hydrolysis) is 1. The average molecular weight is 343 g/mol. The molecule has 1 aliphatic rings. The standard InChI is InChI=1S/C17H29NO4S/c1-12(2)23-16(20)22-14-11-9-7-6-8-10-13(14)21-15(19)18-17(3,4)5/h9,11-14H,6-8,10H2,1-5H3,(H,18,19)/b11-9+. The van der Waals surface area contributed by atoms with Crippen LogP contribution in [0, 0.1) is 0 Å². The Bertz CT molecular complexity index is 429. The number of carbonyl (C=O) groups is 2. The summed E-state index contributed by atoms with van der Waals surface area (Å²) in [6.07, 6.45) is 5.99. The molecule has 0 aromatic rings. The van der Waals surface area contributed by atoms with E-state index in [0.29, 0.717) is 6.42 Å². The summed E-state index contributed by atoms with van der Waals surface area (Å²) in [5.74, 6) is 0. The van der Waals surface area contributed by atoms with Gasteiger partial charge in [0.2, 0.25) is 0 Å². The maximum atomic E-state index is 12.0. The fraction of sp³-hybridized carbons (Fsp3) is 0.765. The molecule has 0 saturated carbocycles. The molecule has 0 saturated heterocycles. The molecular weight excluding hydrogens is 314 g/mol. The van der Waals surface area contributed by atoms with Gasteiger partial charge in [-0.3, -0.25) is 0 Å². The van der Waals surface area contributed by atoms with Crippen LogP contribution in [0.2, 0.25) is 0 Å². The van der Waals surface area contributed by atoms with Crippen molar-refractivity contribution in [3.8, 4) is 0 Å². The van der Waals surface area contributed by atoms with E-state index in [0.717, 1.165) is 31.0 Å². The highest BCUT2D eigenvalue weighted by Gasteiger charge is 2.29. The largest absolute Gasteiger partial charge is 0.446 e. The zero-order chi connectivity index (χ0) is 17.5. The van der Waals surface area contributed by atoms with E-state index in [9.17, 15) is 9.59 Å². The number of allylic oxidation sites excluding steroid dienone is 1. The number of carbonyl (C=O) groups excluding carboxylic acids is 2. The summed E-state index contributed by atoms with van der Waals surface area (Å²) in [5.41, 5.74) is -0.367. The van der Waals surface area contributed by atoms with E-state index in [2.05, 4.69) is 5.32 Å². The Balaban J connectivity index is 2.72. The van der Waals surface area contributed by atoms with Gasteiger partial charge in [0, 0.05) is 10.8 Å². The van der Waals surface area contributed by atoms with E-state index < -0.39 is 18.3 Å². The van der Waals surface area contributed by atoms with E-state index >= 15 is 0 Å². The van der Waals surface area contributed by atoms with Crippen molar-refractivity contribution >= 4 is 23.2 Å². The SMILES string of the molecule is CC(C)SC(=O)OC1/C=C/CCCCC1OC(=O)NC(C)(C)C. The fourth-order valence-corrected chi connectivity index (χ4v) is 2.72. The number of amides is 1. The normalized spacial score (nSPS) is 23.6. The van der Waals surface area contributed by atoms with Crippen LogP contribution in [0.3, 0.4) is 0 Å². The van der Waals surface area contributed by atoms with Gasteiger partial charge in [-0.2, -0.15) is 0 Å². The Kier molecular flexibility index (Phi) is 7.95. The molecule has 0 aromatic heterocycles. The predicted molar refractivity (Wildman–Crippen MR) is 93.8 cm³/mol. The predicted octanol–water partition coefficient (Wildman–Crippen LogP) is 4.66. The third-order valence-corrected chi connectivity index (χ3v) is 3.86. The van der Waals surface area contributed by atoms with Crippen LogP contribution >= 0.6 is 11.8 Å². The minimum Gasteiger partial charge on any atom is -0.446 e. The van der Waals surface area contributed by atoms with Crippen molar-refractivity contribution in [1.82, 2.24) is 5.32 Å². The van der Waals surface area contributed by atoms with Gasteiger partial charge in [0.05, 0.1) is 0 Å². The van der Waals surface area contributed by atoms with Crippen molar-refractivity contribution in [3.63, 3.8) is 0 Å². The summed E-state index contributed by atoms with van der Waals surface area (Å²) in [6.45, 7) is 9.55. The monoisotopic (exact) mass is 343 g/mol. The first kappa shape index (κ1) is 19.9. The molecule has 0 bridgehead atoms. The van der Waals surface area contributed by atoms with Gasteiger partial charge in [-0.15, -0.1) is 0 Å². The van der Waals surface area contributed by atoms with Crippen molar-refractivity contribution in [2.45, 2.75) is 83.3 Å². The van der Waals surface area contributed by atoms with Crippen LogP contribution in [-0.4, -0.2) is 34.4 Å². The van der Waals surface area contributed by atoms with Gasteiger partial charge in [0.15, 0.2) is 6.10 Å². The molecule has 5 nitrogen and oxygen atoms in total. The van der Waals surface area contributed by atoms with Crippen molar-refractivity contribution in [1.29, 1.82) is 0 Å². The molecule has 2 unspecified atom stereocenters. The summed E-state index contributed by atoms with van der Waals surface area (Å²) < 4.78 is 11.0. The molecule has 23 heavy (non-hydrogen) atoms. The van der Waals surface area contributed by atoms with E-state index in [4.69, 9.17) is 9.47 Å². The third-order valence-electron chi connectivity index (χ3n) is 3.10. The highest BCUT2D eigenvalue weighted by Crippen LogP contribution is 2.22. The van der Waals surface area contributed by atoms with Gasteiger partial charge in [0.25, 0.3) is 0 Å². The van der Waals surface area contributed by atoms with Crippen molar-refractivity contribution in [2.75, 3.05) is 0 Å². The minimum atomic E-state index is -0.528. The lowest BCUT2D eigenvalue weighted by Gasteiger charge is -2.28. The number of nitrogens with one attached hydrogen (secondary N) is 1. The lowest BCUT2D eigenvalue weighted by atomic mass is 10.0. The van der Waals surface area contributed by atoms with Crippen LogP contribution in [0.4, 0.5) is 9.59 Å². The maximum Gasteiger partial charge on any atom is 0.407 e. The average Bonchev–Trinajstić information content (AvgIpc) is 2.34. The second-order valence-electron chi connectivity index (χ2n) is 7.03. The molecule has 2 atom stereocenters. The maximum absolute atomic E-state index is 12.0. The Hall–Kier alpha value is -1.17. The van der Waals surface area contributed by atoms with E-state index in [1.165, 1.54) is 0 Å². The molecule has 0 spiro atoms. The van der Waals surface area contributed by atoms with Gasteiger partial charge in [-0.05, 0) is 64.3 Å². The minimum absolute atomic E-state index is 0.156. The zero-order valence-corrected chi connectivity index (χ0v) is 15.6. The third kappa shape index (κ3) is 8.89. The molecule has 6 heteroatoms. The van der Waals surface area contributed by atoms with Crippen LogP contribution in [-0.2, 0) is 9.47 Å². The highest BCUT2D eigenvalue weighted by atomic mass is 32.2. The molecule has 1 rings (SSSR count). The number of hydrogen-bond donors (Lipinski definition) is 1. The second-order valence-corrected chi connectivity index (χ2v) is 8.54. The van der Waals surface area contributed by atoms with Gasteiger partial charge < -0.3 is 14.8 Å². The summed E-state index contributed by atoms with van der Waals surface area (Å²) in [7, 11) is 0. The lowest BCUT2D eigenvalue weighted by molar-refractivity contribution is 0.0116. The van der Waals surface area contributed by atoms with Crippen molar-refractivity contribution < 1.29 is 19.1 Å². The number of rotatable bonds is 3. The molecule has 1 aliphatic carbocycles. The Labute approximate surface area is 143 Å². The molecule has 0 aliphatic heterocycles. The van der Waals surface area contributed by atoms with Crippen LogP contribution in [0.5, 0.6) is 0 Å². The van der Waals surface area contributed by atoms with E-state index in [1.54, 1.807) is 0 Å². The molecule has 0 radical (unpaired) electrons. The molecule has 1 amide bonds.